The van der Waals surface area contributed by atoms with E-state index in [1.54, 1.807) is 22.9 Å². The monoisotopic (exact) mass is 479 g/mol. The van der Waals surface area contributed by atoms with Crippen LogP contribution in [0.3, 0.4) is 0 Å². The van der Waals surface area contributed by atoms with Gasteiger partial charge in [0.15, 0.2) is 9.84 Å². The van der Waals surface area contributed by atoms with Gasteiger partial charge in [-0.2, -0.15) is 5.10 Å². The van der Waals surface area contributed by atoms with Gasteiger partial charge in [0, 0.05) is 35.0 Å². The zero-order valence-electron chi connectivity index (χ0n) is 20.0. The molecule has 0 radical (unpaired) electrons. The van der Waals surface area contributed by atoms with Gasteiger partial charge in [-0.3, -0.25) is 9.48 Å². The molecule has 0 saturated heterocycles. The molecule has 4 rings (SSSR count). The molecule has 0 aliphatic carbocycles. The van der Waals surface area contributed by atoms with Crippen molar-refractivity contribution in [1.29, 1.82) is 0 Å². The smallest absolute Gasteiger partial charge is 0.271 e. The minimum absolute atomic E-state index is 0.0410. The van der Waals surface area contributed by atoms with Crippen LogP contribution in [0.25, 0.3) is 22.3 Å². The molecule has 0 spiro atoms. The summed E-state index contributed by atoms with van der Waals surface area (Å²) in [4.78, 5) is 12.8. The van der Waals surface area contributed by atoms with E-state index in [0.717, 1.165) is 11.3 Å². The van der Waals surface area contributed by atoms with E-state index in [9.17, 15) is 13.2 Å². The van der Waals surface area contributed by atoms with Gasteiger partial charge in [-0.25, -0.2) is 8.42 Å². The van der Waals surface area contributed by atoms with Gasteiger partial charge in [0.25, 0.3) is 5.91 Å². The molecule has 0 atom stereocenters. The molecule has 34 heavy (non-hydrogen) atoms. The second-order valence-electron chi connectivity index (χ2n) is 9.82. The number of furan rings is 1. The Bertz CT molecular complexity index is 1460. The van der Waals surface area contributed by atoms with Gasteiger partial charge < -0.3 is 9.73 Å². The first-order valence-electron chi connectivity index (χ1n) is 11.1. The maximum absolute atomic E-state index is 12.6. The Labute approximate surface area is 199 Å². The van der Waals surface area contributed by atoms with E-state index in [4.69, 9.17) is 4.42 Å². The first-order valence-corrected chi connectivity index (χ1v) is 12.9. The Hall–Kier alpha value is -3.39. The van der Waals surface area contributed by atoms with Crippen molar-refractivity contribution in [2.75, 3.05) is 12.8 Å². The molecule has 1 N–H and O–H groups in total. The summed E-state index contributed by atoms with van der Waals surface area (Å²) in [5.41, 5.74) is 3.24. The Morgan fingerprint density at radius 1 is 1.09 bits per heavy atom. The average Bonchev–Trinajstić information content (AvgIpc) is 3.35. The summed E-state index contributed by atoms with van der Waals surface area (Å²) in [6.07, 6.45) is 1.19. The largest absolute Gasteiger partial charge is 0.456 e. The van der Waals surface area contributed by atoms with Crippen LogP contribution in [0.4, 0.5) is 0 Å². The molecule has 0 bridgehead atoms. The summed E-state index contributed by atoms with van der Waals surface area (Å²) in [6, 6.07) is 16.5. The summed E-state index contributed by atoms with van der Waals surface area (Å²) in [7, 11) is -3.44. The van der Waals surface area contributed by atoms with Crippen molar-refractivity contribution < 1.29 is 17.6 Å². The maximum atomic E-state index is 12.6. The lowest BCUT2D eigenvalue weighted by Gasteiger charge is -2.18. The molecule has 0 unspecified atom stereocenters. The van der Waals surface area contributed by atoms with Crippen molar-refractivity contribution in [3.63, 3.8) is 0 Å². The topological polar surface area (TPSA) is 94.2 Å². The van der Waals surface area contributed by atoms with Crippen LogP contribution < -0.4 is 5.32 Å². The molecule has 0 aliphatic rings. The molecule has 0 saturated carbocycles. The second kappa shape index (κ2) is 8.76. The lowest BCUT2D eigenvalue weighted by atomic mass is 9.97. The van der Waals surface area contributed by atoms with E-state index in [2.05, 4.69) is 10.4 Å². The Balaban J connectivity index is 1.73. The highest BCUT2D eigenvalue weighted by Crippen LogP contribution is 2.32. The minimum atomic E-state index is -3.44. The Morgan fingerprint density at radius 2 is 1.79 bits per heavy atom. The third-order valence-corrected chi connectivity index (χ3v) is 6.56. The van der Waals surface area contributed by atoms with Crippen molar-refractivity contribution in [2.24, 2.45) is 5.41 Å². The number of nitrogens with zero attached hydrogens (tertiary/aromatic N) is 2. The van der Waals surface area contributed by atoms with E-state index < -0.39 is 9.84 Å². The minimum Gasteiger partial charge on any atom is -0.456 e. The van der Waals surface area contributed by atoms with Crippen molar-refractivity contribution in [2.45, 2.75) is 39.1 Å². The van der Waals surface area contributed by atoms with Crippen molar-refractivity contribution in [3.8, 4) is 11.3 Å². The van der Waals surface area contributed by atoms with Crippen LogP contribution >= 0.6 is 0 Å². The number of carbonyl (C=O) groups is 1. The highest BCUT2D eigenvalue weighted by Gasteiger charge is 2.19. The van der Waals surface area contributed by atoms with Crippen LogP contribution in [0.15, 0.2) is 63.9 Å². The SMILES string of the molecule is Cc1cc(C(=O)NCC(C)(C)C)nn1Cc1cc(S(C)(=O)=O)cc2cc(-c3ccccc3)oc12. The average molecular weight is 480 g/mol. The normalized spacial score (nSPS) is 12.3. The highest BCUT2D eigenvalue weighted by molar-refractivity contribution is 7.90. The summed E-state index contributed by atoms with van der Waals surface area (Å²) in [6.45, 7) is 8.80. The van der Waals surface area contributed by atoms with Gasteiger partial charge in [0.1, 0.15) is 17.0 Å². The van der Waals surface area contributed by atoms with Crippen LogP contribution in [0.1, 0.15) is 42.5 Å². The summed E-state index contributed by atoms with van der Waals surface area (Å²) >= 11 is 0. The number of rotatable bonds is 6. The van der Waals surface area contributed by atoms with Crippen molar-refractivity contribution >= 4 is 26.7 Å². The summed E-state index contributed by atoms with van der Waals surface area (Å²) in [5.74, 6) is 0.415. The van der Waals surface area contributed by atoms with Crippen LogP contribution in [0.2, 0.25) is 0 Å². The van der Waals surface area contributed by atoms with E-state index >= 15 is 0 Å². The number of hydrogen-bond acceptors (Lipinski definition) is 5. The van der Waals surface area contributed by atoms with E-state index in [-0.39, 0.29) is 22.8 Å². The third-order valence-electron chi connectivity index (χ3n) is 5.47. The number of aryl methyl sites for hydroxylation is 1. The third kappa shape index (κ3) is 5.22. The van der Waals surface area contributed by atoms with E-state index in [1.165, 1.54) is 6.26 Å². The van der Waals surface area contributed by atoms with Gasteiger partial charge >= 0.3 is 0 Å². The predicted octanol–water partition coefficient (Wildman–Crippen LogP) is 4.83. The molecule has 1 amide bonds. The quantitative estimate of drug-likeness (QED) is 0.427. The van der Waals surface area contributed by atoms with Crippen LogP contribution in [0.5, 0.6) is 0 Å². The van der Waals surface area contributed by atoms with Gasteiger partial charge in [-0.15, -0.1) is 0 Å². The first kappa shape index (κ1) is 23.8. The van der Waals surface area contributed by atoms with Crippen molar-refractivity contribution in [3.05, 3.63) is 71.5 Å². The van der Waals surface area contributed by atoms with E-state index in [1.807, 2.05) is 64.1 Å². The molecule has 4 aromatic rings. The molecule has 178 valence electrons. The summed E-state index contributed by atoms with van der Waals surface area (Å²) < 4.78 is 32.6. The highest BCUT2D eigenvalue weighted by atomic mass is 32.2. The molecule has 0 fully saturated rings. The zero-order valence-corrected chi connectivity index (χ0v) is 20.9. The van der Waals surface area contributed by atoms with Crippen LogP contribution in [-0.2, 0) is 16.4 Å². The van der Waals surface area contributed by atoms with Crippen LogP contribution in [-0.4, -0.2) is 36.9 Å². The fraction of sp³-hybridized carbons (Fsp3) is 0.308. The van der Waals surface area contributed by atoms with Gasteiger partial charge in [-0.1, -0.05) is 51.1 Å². The molecular weight excluding hydrogens is 450 g/mol. The Kier molecular flexibility index (Phi) is 6.12. The fourth-order valence-corrected chi connectivity index (χ4v) is 4.35. The van der Waals surface area contributed by atoms with Gasteiger partial charge in [-0.05, 0) is 36.6 Å². The number of sulfone groups is 1. The molecule has 7 nitrogen and oxygen atoms in total. The number of hydrogen-bond donors (Lipinski definition) is 1. The fourth-order valence-electron chi connectivity index (χ4n) is 3.65. The van der Waals surface area contributed by atoms with Gasteiger partial charge in [0.05, 0.1) is 11.4 Å². The maximum Gasteiger partial charge on any atom is 0.271 e. The lowest BCUT2D eigenvalue weighted by Crippen LogP contribution is -2.32. The van der Waals surface area contributed by atoms with Crippen LogP contribution in [0, 0.1) is 12.3 Å². The number of carbonyl (C=O) groups excluding carboxylic acids is 1. The number of benzene rings is 2. The predicted molar refractivity (Wildman–Crippen MR) is 133 cm³/mol. The standard InChI is InChI=1S/C26H29N3O4S/c1-17-11-22(25(30)27-16-26(2,3)4)28-29(17)15-20-13-21(34(5,31)32)12-19-14-23(33-24(19)20)18-9-7-6-8-10-18/h6-14H,15-16H2,1-5H3,(H,27,30). The van der Waals surface area contributed by atoms with Gasteiger partial charge in [0.2, 0.25) is 0 Å². The number of aromatic nitrogens is 2. The molecule has 2 heterocycles. The lowest BCUT2D eigenvalue weighted by molar-refractivity contribution is 0.0933. The number of nitrogens with one attached hydrogen (secondary N) is 1. The second-order valence-corrected chi connectivity index (χ2v) is 11.8. The summed E-state index contributed by atoms with van der Waals surface area (Å²) in [5, 5.41) is 8.09. The van der Waals surface area contributed by atoms with E-state index in [0.29, 0.717) is 34.5 Å². The molecule has 2 aromatic carbocycles. The molecule has 2 aromatic heterocycles. The number of amides is 1. The zero-order chi connectivity index (χ0) is 24.7. The molecule has 0 aliphatic heterocycles. The molecular formula is C26H29N3O4S. The molecule has 8 heteroatoms. The Morgan fingerprint density at radius 3 is 2.44 bits per heavy atom. The number of fused-ring (bicyclic) bond motifs is 1. The van der Waals surface area contributed by atoms with Crippen molar-refractivity contribution in [1.82, 2.24) is 15.1 Å². The first-order chi connectivity index (χ1) is 15.9.